The van der Waals surface area contributed by atoms with Gasteiger partial charge in [-0.1, -0.05) is 76.1 Å². The van der Waals surface area contributed by atoms with Gasteiger partial charge < -0.3 is 0 Å². The second kappa shape index (κ2) is 8.95. The third kappa shape index (κ3) is 4.02. The number of halogens is 2. The van der Waals surface area contributed by atoms with Crippen molar-refractivity contribution in [2.24, 2.45) is 5.10 Å². The average Bonchev–Trinajstić information content (AvgIpc) is 3.54. The number of hydrogen-bond acceptors (Lipinski definition) is 5. The van der Waals surface area contributed by atoms with E-state index in [0.717, 1.165) is 44.3 Å². The fourth-order valence-electron chi connectivity index (χ4n) is 4.25. The third-order valence-corrected chi connectivity index (χ3v) is 7.53. The highest BCUT2D eigenvalue weighted by Gasteiger charge is 2.32. The van der Waals surface area contributed by atoms with E-state index < -0.39 is 0 Å². The molecular weight excluding hydrogens is 528 g/mol. The Hall–Kier alpha value is -3.06. The molecule has 3 heterocycles. The highest BCUT2D eigenvalue weighted by atomic mass is 79.9. The summed E-state index contributed by atoms with van der Waals surface area (Å²) in [5.74, 6) is 0.584. The first-order valence-electron chi connectivity index (χ1n) is 10.8. The number of nitrogens with zero attached hydrogens (tertiary/aromatic N) is 4. The number of anilines is 1. The van der Waals surface area contributed by atoms with Crippen LogP contribution in [0.25, 0.3) is 22.2 Å². The predicted molar refractivity (Wildman–Crippen MR) is 145 cm³/mol. The Morgan fingerprint density at radius 3 is 2.56 bits per heavy atom. The minimum Gasteiger partial charge on any atom is -0.223 e. The molecule has 3 aromatic carbocycles. The molecule has 0 radical (unpaired) electrons. The van der Waals surface area contributed by atoms with E-state index in [2.05, 4.69) is 57.7 Å². The smallest absolute Gasteiger partial charge is 0.223 e. The summed E-state index contributed by atoms with van der Waals surface area (Å²) in [5.41, 5.74) is 4.94. The van der Waals surface area contributed by atoms with Crippen molar-refractivity contribution in [1.82, 2.24) is 9.97 Å². The predicted octanol–water partition coefficient (Wildman–Crippen LogP) is 8.13. The summed E-state index contributed by atoms with van der Waals surface area (Å²) in [5, 5.41) is 10.8. The normalized spacial score (nSPS) is 15.6. The summed E-state index contributed by atoms with van der Waals surface area (Å²) in [7, 11) is 0. The molecule has 0 fully saturated rings. The highest BCUT2D eigenvalue weighted by Crippen LogP contribution is 2.38. The van der Waals surface area contributed by atoms with E-state index in [4.69, 9.17) is 26.7 Å². The summed E-state index contributed by atoms with van der Waals surface area (Å²) in [6, 6.07) is 28.4. The minimum absolute atomic E-state index is 0.00571. The van der Waals surface area contributed by atoms with Gasteiger partial charge in [-0.25, -0.2) is 15.0 Å². The van der Waals surface area contributed by atoms with Crippen molar-refractivity contribution in [2.75, 3.05) is 5.01 Å². The van der Waals surface area contributed by atoms with Gasteiger partial charge in [0.1, 0.15) is 0 Å². The van der Waals surface area contributed by atoms with Crippen molar-refractivity contribution in [3.63, 3.8) is 0 Å². The van der Waals surface area contributed by atoms with Crippen LogP contribution < -0.4 is 5.01 Å². The van der Waals surface area contributed by atoms with Crippen LogP contribution in [0.5, 0.6) is 0 Å². The van der Waals surface area contributed by atoms with Crippen LogP contribution in [-0.4, -0.2) is 15.7 Å². The first-order valence-corrected chi connectivity index (χ1v) is 12.9. The third-order valence-electron chi connectivity index (χ3n) is 5.86. The maximum atomic E-state index is 6.16. The second-order valence-corrected chi connectivity index (χ2v) is 10.3. The molecule has 6 rings (SSSR count). The first kappa shape index (κ1) is 21.5. The molecule has 0 aliphatic carbocycles. The summed E-state index contributed by atoms with van der Waals surface area (Å²) < 4.78 is 1.04. The molecule has 1 unspecified atom stereocenters. The molecular formula is C27H18BrClN4S. The van der Waals surface area contributed by atoms with Crippen LogP contribution in [0, 0.1) is 0 Å². The molecule has 34 heavy (non-hydrogen) atoms. The van der Waals surface area contributed by atoms with Crippen LogP contribution in [0.3, 0.4) is 0 Å². The quantitative estimate of drug-likeness (QED) is 0.229. The number of aromatic nitrogens is 2. The van der Waals surface area contributed by atoms with E-state index in [1.54, 1.807) is 11.3 Å². The number of benzene rings is 3. The molecule has 166 valence electrons. The van der Waals surface area contributed by atoms with E-state index in [9.17, 15) is 0 Å². The Bertz CT molecular complexity index is 1520. The number of rotatable bonds is 4. The van der Waals surface area contributed by atoms with Crippen LogP contribution >= 0.6 is 38.9 Å². The Morgan fingerprint density at radius 2 is 1.76 bits per heavy atom. The van der Waals surface area contributed by atoms with Crippen LogP contribution in [0.2, 0.25) is 5.02 Å². The lowest BCUT2D eigenvalue weighted by Crippen LogP contribution is -2.21. The van der Waals surface area contributed by atoms with E-state index in [1.807, 2.05) is 53.5 Å². The van der Waals surface area contributed by atoms with Crippen LogP contribution in [0.15, 0.2) is 99.9 Å². The number of thiophene rings is 1. The lowest BCUT2D eigenvalue weighted by Gasteiger charge is -2.23. The maximum absolute atomic E-state index is 6.16. The summed E-state index contributed by atoms with van der Waals surface area (Å²) in [4.78, 5) is 11.2. The maximum Gasteiger partial charge on any atom is 0.247 e. The Labute approximate surface area is 214 Å². The van der Waals surface area contributed by atoms with Crippen molar-refractivity contribution >= 4 is 61.4 Å². The molecule has 0 spiro atoms. The van der Waals surface area contributed by atoms with Crippen molar-refractivity contribution in [1.29, 1.82) is 0 Å². The molecule has 0 amide bonds. The number of hydrogen-bond donors (Lipinski definition) is 0. The highest BCUT2D eigenvalue weighted by molar-refractivity contribution is 9.10. The molecule has 7 heteroatoms. The first-order chi connectivity index (χ1) is 16.7. The van der Waals surface area contributed by atoms with E-state index in [0.29, 0.717) is 11.0 Å². The zero-order chi connectivity index (χ0) is 23.1. The van der Waals surface area contributed by atoms with Crippen molar-refractivity contribution in [3.8, 4) is 11.3 Å². The molecule has 1 atom stereocenters. The zero-order valence-electron chi connectivity index (χ0n) is 17.9. The van der Waals surface area contributed by atoms with Crippen molar-refractivity contribution in [2.45, 2.75) is 12.5 Å². The molecule has 5 aromatic rings. The summed E-state index contributed by atoms with van der Waals surface area (Å²) >= 11 is 11.5. The molecule has 1 aliphatic heterocycles. The van der Waals surface area contributed by atoms with Crippen molar-refractivity contribution < 1.29 is 0 Å². The molecule has 0 saturated carbocycles. The minimum atomic E-state index is -0.00571. The molecule has 0 N–H and O–H groups in total. The van der Waals surface area contributed by atoms with Gasteiger partial charge in [0, 0.05) is 26.9 Å². The zero-order valence-corrected chi connectivity index (χ0v) is 21.1. The Balaban J connectivity index is 1.53. The van der Waals surface area contributed by atoms with Crippen LogP contribution in [0.1, 0.15) is 22.9 Å². The SMILES string of the molecule is Clc1ccc(-c2nc(N3N=C(c4cccs4)CC3c3cccc(Br)c3)nc3ccccc23)cc1. The van der Waals surface area contributed by atoms with Crippen molar-refractivity contribution in [3.05, 3.63) is 110 Å². The summed E-state index contributed by atoms with van der Waals surface area (Å²) in [6.45, 7) is 0. The standard InChI is InChI=1S/C27H18BrClN4S/c28-19-6-3-5-18(15-19)24-16-23(25-9-4-14-34-25)32-33(24)27-30-22-8-2-1-7-21(22)26(31-27)17-10-12-20(29)13-11-17/h1-15,24H,16H2. The molecule has 0 saturated heterocycles. The Kier molecular flexibility index (Phi) is 5.65. The average molecular weight is 546 g/mol. The van der Waals surface area contributed by atoms with Gasteiger partial charge in [-0.15, -0.1) is 11.3 Å². The summed E-state index contributed by atoms with van der Waals surface area (Å²) in [6.07, 6.45) is 0.781. The molecule has 1 aliphatic rings. The number of fused-ring (bicyclic) bond motifs is 1. The number of para-hydroxylation sites is 1. The lowest BCUT2D eigenvalue weighted by atomic mass is 10.0. The van der Waals surface area contributed by atoms with Gasteiger partial charge in [-0.3, -0.25) is 0 Å². The van der Waals surface area contributed by atoms with Crippen LogP contribution in [0.4, 0.5) is 5.95 Å². The lowest BCUT2D eigenvalue weighted by molar-refractivity contribution is 0.688. The van der Waals surface area contributed by atoms with Gasteiger partial charge >= 0.3 is 0 Å². The van der Waals surface area contributed by atoms with Gasteiger partial charge in [0.15, 0.2) is 0 Å². The largest absolute Gasteiger partial charge is 0.247 e. The number of hydrazone groups is 1. The van der Waals surface area contributed by atoms with Crippen LogP contribution in [-0.2, 0) is 0 Å². The van der Waals surface area contributed by atoms with Gasteiger partial charge in [-0.05, 0) is 47.3 Å². The van der Waals surface area contributed by atoms with Gasteiger partial charge in [0.2, 0.25) is 5.95 Å². The van der Waals surface area contributed by atoms with E-state index in [-0.39, 0.29) is 6.04 Å². The monoisotopic (exact) mass is 544 g/mol. The topological polar surface area (TPSA) is 41.4 Å². The fourth-order valence-corrected chi connectivity index (χ4v) is 5.52. The molecule has 4 nitrogen and oxygen atoms in total. The molecule has 2 aromatic heterocycles. The van der Waals surface area contributed by atoms with E-state index >= 15 is 0 Å². The van der Waals surface area contributed by atoms with Gasteiger partial charge in [-0.2, -0.15) is 5.10 Å². The fraction of sp³-hybridized carbons (Fsp3) is 0.0741. The molecule has 0 bridgehead atoms. The second-order valence-electron chi connectivity index (χ2n) is 8.04. The van der Waals surface area contributed by atoms with E-state index in [1.165, 1.54) is 4.88 Å². The van der Waals surface area contributed by atoms with Gasteiger partial charge in [0.25, 0.3) is 0 Å². The van der Waals surface area contributed by atoms with Gasteiger partial charge in [0.05, 0.1) is 27.8 Å². The Morgan fingerprint density at radius 1 is 0.912 bits per heavy atom.